The molecule has 0 unspecified atom stereocenters. The van der Waals surface area contributed by atoms with Gasteiger partial charge in [0.1, 0.15) is 11.4 Å². The van der Waals surface area contributed by atoms with E-state index in [9.17, 15) is 23.1 Å². The summed E-state index contributed by atoms with van der Waals surface area (Å²) in [5, 5.41) is 13.2. The van der Waals surface area contributed by atoms with Gasteiger partial charge in [0.05, 0.1) is 17.2 Å². The summed E-state index contributed by atoms with van der Waals surface area (Å²) in [7, 11) is -1.26. The zero-order valence-corrected chi connectivity index (χ0v) is 17.7. The molecule has 1 aromatic carbocycles. The highest BCUT2D eigenvalue weighted by Gasteiger charge is 2.36. The van der Waals surface area contributed by atoms with Crippen LogP contribution in [0.2, 0.25) is 0 Å². The maximum Gasteiger partial charge on any atom is 0.269 e. The van der Waals surface area contributed by atoms with E-state index in [4.69, 9.17) is 4.74 Å². The highest BCUT2D eigenvalue weighted by molar-refractivity contribution is 7.89. The molecule has 0 saturated carbocycles. The van der Waals surface area contributed by atoms with Crippen LogP contribution in [-0.2, 0) is 19.6 Å². The SMILES string of the molecule is COCCNC(=O)c1cccc(/C=C/C(=O)C2=C(O)c3ccccc3S(=O)(=O)N2C)n1. The number of ketones is 1. The van der Waals surface area contributed by atoms with E-state index in [-0.39, 0.29) is 21.8 Å². The number of ether oxygens (including phenoxy) is 1. The van der Waals surface area contributed by atoms with Crippen LogP contribution in [0.5, 0.6) is 0 Å². The Morgan fingerprint density at radius 3 is 2.68 bits per heavy atom. The Bertz CT molecular complexity index is 1190. The van der Waals surface area contributed by atoms with Gasteiger partial charge in [0.25, 0.3) is 15.9 Å². The number of fused-ring (bicyclic) bond motifs is 1. The van der Waals surface area contributed by atoms with Crippen LogP contribution in [-0.4, -0.2) is 61.8 Å². The number of likely N-dealkylation sites (N-methyl/N-ethyl adjacent to an activating group) is 1. The van der Waals surface area contributed by atoms with E-state index in [1.54, 1.807) is 18.2 Å². The molecular weight excluding hydrogens is 422 g/mol. The second-order valence-electron chi connectivity index (χ2n) is 6.56. The van der Waals surface area contributed by atoms with Crippen molar-refractivity contribution in [1.82, 2.24) is 14.6 Å². The summed E-state index contributed by atoms with van der Waals surface area (Å²) in [6, 6.07) is 10.6. The Morgan fingerprint density at radius 2 is 1.94 bits per heavy atom. The number of aromatic nitrogens is 1. The summed E-state index contributed by atoms with van der Waals surface area (Å²) in [5.74, 6) is -1.55. The van der Waals surface area contributed by atoms with E-state index in [1.807, 2.05) is 0 Å². The minimum absolute atomic E-state index is 0.0604. The van der Waals surface area contributed by atoms with Crippen molar-refractivity contribution in [2.45, 2.75) is 4.90 Å². The van der Waals surface area contributed by atoms with E-state index >= 15 is 0 Å². The fraction of sp³-hybridized carbons (Fsp3) is 0.190. The maximum absolute atomic E-state index is 12.8. The average Bonchev–Trinajstić information content (AvgIpc) is 2.77. The van der Waals surface area contributed by atoms with Crippen LogP contribution in [0.4, 0.5) is 0 Å². The van der Waals surface area contributed by atoms with Crippen molar-refractivity contribution in [2.24, 2.45) is 0 Å². The van der Waals surface area contributed by atoms with Gasteiger partial charge in [-0.15, -0.1) is 0 Å². The molecule has 0 spiro atoms. The molecule has 2 N–H and O–H groups in total. The number of allylic oxidation sites excluding steroid dienone is 1. The number of methoxy groups -OCH3 is 1. The molecule has 1 aliphatic heterocycles. The molecule has 0 saturated heterocycles. The first-order valence-corrected chi connectivity index (χ1v) is 10.7. The molecule has 1 aliphatic rings. The molecule has 0 aliphatic carbocycles. The van der Waals surface area contributed by atoms with Crippen molar-refractivity contribution in [3.05, 3.63) is 71.2 Å². The number of carbonyl (C=O) groups excluding carboxylic acids is 2. The van der Waals surface area contributed by atoms with E-state index in [1.165, 1.54) is 44.5 Å². The van der Waals surface area contributed by atoms with Crippen LogP contribution in [0.25, 0.3) is 11.8 Å². The van der Waals surface area contributed by atoms with E-state index in [0.717, 1.165) is 10.4 Å². The molecule has 0 atom stereocenters. The smallest absolute Gasteiger partial charge is 0.269 e. The van der Waals surface area contributed by atoms with Crippen molar-refractivity contribution < 1.29 is 27.9 Å². The number of hydrogen-bond donors (Lipinski definition) is 2. The number of hydrogen-bond acceptors (Lipinski definition) is 7. The van der Waals surface area contributed by atoms with Crippen molar-refractivity contribution in [3.63, 3.8) is 0 Å². The molecule has 9 nitrogen and oxygen atoms in total. The lowest BCUT2D eigenvalue weighted by Gasteiger charge is -2.27. The Morgan fingerprint density at radius 1 is 1.19 bits per heavy atom. The summed E-state index contributed by atoms with van der Waals surface area (Å²) in [4.78, 5) is 28.9. The van der Waals surface area contributed by atoms with Gasteiger partial charge in [0, 0.05) is 26.3 Å². The van der Waals surface area contributed by atoms with Gasteiger partial charge in [-0.25, -0.2) is 13.4 Å². The van der Waals surface area contributed by atoms with Crippen LogP contribution in [0.3, 0.4) is 0 Å². The van der Waals surface area contributed by atoms with Gasteiger partial charge in [-0.2, -0.15) is 0 Å². The predicted molar refractivity (Wildman–Crippen MR) is 113 cm³/mol. The first-order valence-electron chi connectivity index (χ1n) is 9.25. The molecule has 0 bridgehead atoms. The van der Waals surface area contributed by atoms with Gasteiger partial charge in [-0.1, -0.05) is 18.2 Å². The molecular formula is C21H21N3O6S. The summed E-state index contributed by atoms with van der Waals surface area (Å²) < 4.78 is 31.0. The molecule has 162 valence electrons. The quantitative estimate of drug-likeness (QED) is 0.492. The molecule has 1 aromatic heterocycles. The van der Waals surface area contributed by atoms with E-state index < -0.39 is 27.5 Å². The van der Waals surface area contributed by atoms with Crippen molar-refractivity contribution in [1.29, 1.82) is 0 Å². The lowest BCUT2D eigenvalue weighted by atomic mass is 10.1. The zero-order valence-electron chi connectivity index (χ0n) is 16.9. The topological polar surface area (TPSA) is 126 Å². The fourth-order valence-corrected chi connectivity index (χ4v) is 4.38. The lowest BCUT2D eigenvalue weighted by Crippen LogP contribution is -2.34. The number of carbonyl (C=O) groups is 2. The third-order valence-corrected chi connectivity index (χ3v) is 6.37. The Kier molecular flexibility index (Phi) is 6.52. The monoisotopic (exact) mass is 443 g/mol. The van der Waals surface area contributed by atoms with E-state index in [2.05, 4.69) is 10.3 Å². The molecule has 3 rings (SSSR count). The summed E-state index contributed by atoms with van der Waals surface area (Å²) >= 11 is 0. The number of nitrogens with one attached hydrogen (secondary N) is 1. The molecule has 2 heterocycles. The second-order valence-corrected chi connectivity index (χ2v) is 8.50. The summed E-state index contributed by atoms with van der Waals surface area (Å²) in [6.45, 7) is 0.684. The maximum atomic E-state index is 12.8. The van der Waals surface area contributed by atoms with Gasteiger partial charge < -0.3 is 15.2 Å². The van der Waals surface area contributed by atoms with Crippen LogP contribution < -0.4 is 5.32 Å². The lowest BCUT2D eigenvalue weighted by molar-refractivity contribution is -0.112. The van der Waals surface area contributed by atoms with Crippen LogP contribution in [0.1, 0.15) is 21.7 Å². The van der Waals surface area contributed by atoms with Crippen LogP contribution >= 0.6 is 0 Å². The van der Waals surface area contributed by atoms with Gasteiger partial charge in [-0.05, 0) is 36.4 Å². The van der Waals surface area contributed by atoms with Gasteiger partial charge in [0.2, 0.25) is 5.78 Å². The predicted octanol–water partition coefficient (Wildman–Crippen LogP) is 1.60. The average molecular weight is 443 g/mol. The van der Waals surface area contributed by atoms with Crippen LogP contribution in [0.15, 0.2) is 59.1 Å². The summed E-state index contributed by atoms with van der Waals surface area (Å²) in [5.41, 5.74) is 0.155. The highest BCUT2D eigenvalue weighted by atomic mass is 32.2. The first kappa shape index (κ1) is 22.2. The van der Waals surface area contributed by atoms with Crippen molar-refractivity contribution in [3.8, 4) is 0 Å². The Hall–Kier alpha value is -3.50. The molecule has 1 amide bonds. The normalized spacial score (nSPS) is 15.1. The molecule has 0 fully saturated rings. The minimum Gasteiger partial charge on any atom is -0.505 e. The number of aliphatic hydroxyl groups is 1. The number of nitrogens with zero attached hydrogens (tertiary/aromatic N) is 2. The first-order chi connectivity index (χ1) is 14.8. The fourth-order valence-electron chi connectivity index (χ4n) is 2.97. The second kappa shape index (κ2) is 9.11. The standard InChI is InChI=1S/C21H21N3O6S/c1-24-19(20(26)15-7-3-4-9-18(15)31(24,28)29)17(25)11-10-14-6-5-8-16(23-14)21(27)22-12-13-30-2/h3-11,26H,12-13H2,1-2H3,(H,22,27)/b11-10+. The highest BCUT2D eigenvalue weighted by Crippen LogP contribution is 2.34. The number of aliphatic hydroxyl groups excluding tert-OH is 1. The molecule has 0 radical (unpaired) electrons. The molecule has 2 aromatic rings. The number of rotatable bonds is 7. The third kappa shape index (κ3) is 4.49. The Balaban J connectivity index is 1.86. The van der Waals surface area contributed by atoms with Crippen molar-refractivity contribution in [2.75, 3.05) is 27.3 Å². The minimum atomic E-state index is -3.98. The van der Waals surface area contributed by atoms with E-state index in [0.29, 0.717) is 18.8 Å². The van der Waals surface area contributed by atoms with Gasteiger partial charge in [-0.3, -0.25) is 13.9 Å². The number of benzene rings is 1. The summed E-state index contributed by atoms with van der Waals surface area (Å²) in [6.07, 6.45) is 2.44. The van der Waals surface area contributed by atoms with Crippen molar-refractivity contribution >= 4 is 33.5 Å². The molecule has 31 heavy (non-hydrogen) atoms. The zero-order chi connectivity index (χ0) is 22.6. The molecule has 10 heteroatoms. The van der Waals surface area contributed by atoms with Gasteiger partial charge in [0.15, 0.2) is 5.76 Å². The largest absolute Gasteiger partial charge is 0.505 e. The van der Waals surface area contributed by atoms with Gasteiger partial charge >= 0.3 is 0 Å². The number of sulfonamides is 1. The third-order valence-electron chi connectivity index (χ3n) is 4.55. The number of amides is 1. The van der Waals surface area contributed by atoms with Crippen LogP contribution in [0, 0.1) is 0 Å². The number of pyridine rings is 1. The Labute approximate surface area is 179 Å².